The lowest BCUT2D eigenvalue weighted by Gasteiger charge is -2.10. The van der Waals surface area contributed by atoms with Gasteiger partial charge in [0.25, 0.3) is 0 Å². The van der Waals surface area contributed by atoms with E-state index in [0.717, 1.165) is 12.0 Å². The van der Waals surface area contributed by atoms with E-state index >= 15 is 0 Å². The highest BCUT2D eigenvalue weighted by Crippen LogP contribution is 2.23. The summed E-state index contributed by atoms with van der Waals surface area (Å²) in [6.07, 6.45) is 2.68. The number of hydrogen-bond acceptors (Lipinski definition) is 4. The molecule has 0 bridgehead atoms. The van der Waals surface area contributed by atoms with Gasteiger partial charge in [-0.15, -0.1) is 0 Å². The smallest absolute Gasteiger partial charge is 0.213 e. The van der Waals surface area contributed by atoms with Gasteiger partial charge in [-0.2, -0.15) is 0 Å². The van der Waals surface area contributed by atoms with Gasteiger partial charge in [0.1, 0.15) is 6.10 Å². The zero-order valence-electron chi connectivity index (χ0n) is 12.3. The number of nitrogens with zero attached hydrogens (tertiary/aromatic N) is 1. The van der Waals surface area contributed by atoms with Gasteiger partial charge in [0, 0.05) is 30.7 Å². The van der Waals surface area contributed by atoms with Gasteiger partial charge in [0.2, 0.25) is 5.88 Å². The Kier molecular flexibility index (Phi) is 5.16. The summed E-state index contributed by atoms with van der Waals surface area (Å²) in [5, 5.41) is 0.916. The summed E-state index contributed by atoms with van der Waals surface area (Å²) < 4.78 is 10.9. The van der Waals surface area contributed by atoms with Crippen LogP contribution in [0.5, 0.6) is 5.88 Å². The number of Topliss-reactive ketones (excluding diaryl/α,β-unsaturated/α-hetero) is 1. The van der Waals surface area contributed by atoms with E-state index in [-0.39, 0.29) is 18.3 Å². The van der Waals surface area contributed by atoms with Crippen LogP contribution in [0.2, 0.25) is 10.0 Å². The molecule has 3 rings (SSSR count). The molecule has 1 atom stereocenters. The van der Waals surface area contributed by atoms with Crippen LogP contribution in [0.3, 0.4) is 0 Å². The highest BCUT2D eigenvalue weighted by molar-refractivity contribution is 6.42. The molecule has 0 aliphatic carbocycles. The first kappa shape index (κ1) is 16.2. The maximum atomic E-state index is 12.3. The number of pyridine rings is 1. The number of ether oxygens (including phenoxy) is 2. The van der Waals surface area contributed by atoms with Crippen molar-refractivity contribution in [3.8, 4) is 5.88 Å². The third-order valence-corrected chi connectivity index (χ3v) is 4.32. The summed E-state index contributed by atoms with van der Waals surface area (Å²) in [5.74, 6) is 0.471. The zero-order valence-corrected chi connectivity index (χ0v) is 13.8. The molecule has 1 unspecified atom stereocenters. The summed E-state index contributed by atoms with van der Waals surface area (Å²) in [6.45, 7) is 1.30. The number of halogens is 2. The molecular formula is C17H15Cl2NO3. The Labute approximate surface area is 144 Å². The SMILES string of the molecule is O=C(Cc1ccc(Cl)c(Cl)c1)c1ccc(OC2CCOC2)nc1. The van der Waals surface area contributed by atoms with Crippen LogP contribution in [0.25, 0.3) is 0 Å². The van der Waals surface area contributed by atoms with E-state index in [4.69, 9.17) is 32.7 Å². The van der Waals surface area contributed by atoms with Crippen molar-refractivity contribution in [3.63, 3.8) is 0 Å². The van der Waals surface area contributed by atoms with Gasteiger partial charge in [-0.05, 0) is 23.8 Å². The average molecular weight is 352 g/mol. The lowest BCUT2D eigenvalue weighted by molar-refractivity contribution is 0.0992. The van der Waals surface area contributed by atoms with Crippen LogP contribution in [0.1, 0.15) is 22.3 Å². The highest BCUT2D eigenvalue weighted by Gasteiger charge is 2.18. The summed E-state index contributed by atoms with van der Waals surface area (Å²) in [6, 6.07) is 8.60. The van der Waals surface area contributed by atoms with E-state index in [1.807, 2.05) is 0 Å². The minimum absolute atomic E-state index is 0.0355. The second kappa shape index (κ2) is 7.30. The predicted octanol–water partition coefficient (Wildman–Crippen LogP) is 3.98. The molecular weight excluding hydrogens is 337 g/mol. The van der Waals surface area contributed by atoms with Crippen LogP contribution < -0.4 is 4.74 Å². The van der Waals surface area contributed by atoms with Crippen molar-refractivity contribution >= 4 is 29.0 Å². The first-order chi connectivity index (χ1) is 11.1. The van der Waals surface area contributed by atoms with Crippen molar-refractivity contribution in [1.82, 2.24) is 4.98 Å². The second-order valence-corrected chi connectivity index (χ2v) is 6.15. The van der Waals surface area contributed by atoms with E-state index in [9.17, 15) is 4.79 Å². The van der Waals surface area contributed by atoms with E-state index in [1.165, 1.54) is 6.20 Å². The summed E-state index contributed by atoms with van der Waals surface area (Å²) in [5.41, 5.74) is 1.35. The maximum Gasteiger partial charge on any atom is 0.213 e. The number of carbonyl (C=O) groups excluding carboxylic acids is 1. The molecule has 0 radical (unpaired) electrons. The second-order valence-electron chi connectivity index (χ2n) is 5.34. The molecule has 1 aromatic heterocycles. The third kappa shape index (κ3) is 4.22. The maximum absolute atomic E-state index is 12.3. The molecule has 23 heavy (non-hydrogen) atoms. The van der Waals surface area contributed by atoms with Gasteiger partial charge in [0.05, 0.1) is 23.3 Å². The van der Waals surface area contributed by atoms with Crippen molar-refractivity contribution in [2.75, 3.05) is 13.2 Å². The van der Waals surface area contributed by atoms with Crippen molar-refractivity contribution < 1.29 is 14.3 Å². The Morgan fingerprint density at radius 1 is 1.26 bits per heavy atom. The normalized spacial score (nSPS) is 17.2. The zero-order chi connectivity index (χ0) is 16.2. The Morgan fingerprint density at radius 2 is 2.13 bits per heavy atom. The number of aromatic nitrogens is 1. The Hall–Kier alpha value is -1.62. The van der Waals surface area contributed by atoms with Crippen molar-refractivity contribution in [1.29, 1.82) is 0 Å². The largest absolute Gasteiger partial charge is 0.472 e. The number of ketones is 1. The quantitative estimate of drug-likeness (QED) is 0.764. The fraction of sp³-hybridized carbons (Fsp3) is 0.294. The lowest BCUT2D eigenvalue weighted by Crippen LogP contribution is -2.16. The summed E-state index contributed by atoms with van der Waals surface area (Å²) in [7, 11) is 0. The molecule has 120 valence electrons. The predicted molar refractivity (Wildman–Crippen MR) is 88.6 cm³/mol. The van der Waals surface area contributed by atoms with Gasteiger partial charge in [-0.1, -0.05) is 29.3 Å². The van der Waals surface area contributed by atoms with E-state index in [2.05, 4.69) is 4.98 Å². The van der Waals surface area contributed by atoms with Crippen molar-refractivity contribution in [2.24, 2.45) is 0 Å². The molecule has 0 saturated carbocycles. The fourth-order valence-corrected chi connectivity index (χ4v) is 2.65. The molecule has 1 aliphatic rings. The molecule has 6 heteroatoms. The Morgan fingerprint density at radius 3 is 2.78 bits per heavy atom. The molecule has 2 aromatic rings. The average Bonchev–Trinajstić information content (AvgIpc) is 3.04. The summed E-state index contributed by atoms with van der Waals surface area (Å²) >= 11 is 11.8. The molecule has 0 N–H and O–H groups in total. The van der Waals surface area contributed by atoms with Crippen LogP contribution in [-0.4, -0.2) is 30.1 Å². The molecule has 2 heterocycles. The lowest BCUT2D eigenvalue weighted by atomic mass is 10.0. The molecule has 1 saturated heterocycles. The molecule has 1 aromatic carbocycles. The fourth-order valence-electron chi connectivity index (χ4n) is 2.33. The monoisotopic (exact) mass is 351 g/mol. The molecule has 0 spiro atoms. The molecule has 4 nitrogen and oxygen atoms in total. The van der Waals surface area contributed by atoms with Crippen molar-refractivity contribution in [2.45, 2.75) is 18.9 Å². The number of carbonyl (C=O) groups is 1. The first-order valence-corrected chi connectivity index (χ1v) is 8.05. The van der Waals surface area contributed by atoms with Gasteiger partial charge in [0.15, 0.2) is 5.78 Å². The highest BCUT2D eigenvalue weighted by atomic mass is 35.5. The van der Waals surface area contributed by atoms with Crippen LogP contribution in [0, 0.1) is 0 Å². The third-order valence-electron chi connectivity index (χ3n) is 3.58. The Bertz CT molecular complexity index is 697. The van der Waals surface area contributed by atoms with Gasteiger partial charge in [-0.3, -0.25) is 4.79 Å². The summed E-state index contributed by atoms with van der Waals surface area (Å²) in [4.78, 5) is 16.5. The van der Waals surface area contributed by atoms with Crippen LogP contribution in [0.15, 0.2) is 36.5 Å². The van der Waals surface area contributed by atoms with Crippen molar-refractivity contribution in [3.05, 3.63) is 57.7 Å². The topological polar surface area (TPSA) is 48.4 Å². The van der Waals surface area contributed by atoms with Crippen LogP contribution >= 0.6 is 23.2 Å². The number of hydrogen-bond donors (Lipinski definition) is 0. The Balaban J connectivity index is 1.63. The van der Waals surface area contributed by atoms with Gasteiger partial charge < -0.3 is 9.47 Å². The minimum atomic E-state index is -0.0355. The number of benzene rings is 1. The van der Waals surface area contributed by atoms with Crippen LogP contribution in [-0.2, 0) is 11.2 Å². The molecule has 1 fully saturated rings. The van der Waals surface area contributed by atoms with E-state index < -0.39 is 0 Å². The standard InChI is InChI=1S/C17H15Cl2NO3/c18-14-3-1-11(7-15(14)19)8-16(21)12-2-4-17(20-9-12)23-13-5-6-22-10-13/h1-4,7,9,13H,5-6,8,10H2. The molecule has 1 aliphatic heterocycles. The van der Waals surface area contributed by atoms with E-state index in [1.54, 1.807) is 30.3 Å². The van der Waals surface area contributed by atoms with Gasteiger partial charge in [-0.25, -0.2) is 4.98 Å². The van der Waals surface area contributed by atoms with Crippen LogP contribution in [0.4, 0.5) is 0 Å². The first-order valence-electron chi connectivity index (χ1n) is 7.29. The molecule has 0 amide bonds. The number of rotatable bonds is 5. The minimum Gasteiger partial charge on any atom is -0.472 e. The van der Waals surface area contributed by atoms with E-state index in [0.29, 0.717) is 34.7 Å². The van der Waals surface area contributed by atoms with Gasteiger partial charge >= 0.3 is 0 Å².